The van der Waals surface area contributed by atoms with E-state index in [1.807, 2.05) is 6.07 Å². The summed E-state index contributed by atoms with van der Waals surface area (Å²) in [6.45, 7) is 1.16. The van der Waals surface area contributed by atoms with Crippen LogP contribution in [0.1, 0.15) is 31.2 Å². The number of rotatable bonds is 5. The van der Waals surface area contributed by atoms with E-state index in [4.69, 9.17) is 9.84 Å². The molecular weight excluding hydrogens is 212 g/mol. The zero-order chi connectivity index (χ0) is 11.9. The second-order valence-electron chi connectivity index (χ2n) is 4.93. The molecule has 2 rings (SSSR count). The van der Waals surface area contributed by atoms with Crippen molar-refractivity contribution in [3.05, 3.63) is 35.9 Å². The third-order valence-corrected chi connectivity index (χ3v) is 3.64. The van der Waals surface area contributed by atoms with Gasteiger partial charge in [0.2, 0.25) is 0 Å². The minimum atomic E-state index is 0.344. The largest absolute Gasteiger partial charge is 0.396 e. The molecule has 0 bridgehead atoms. The van der Waals surface area contributed by atoms with Crippen LogP contribution in [-0.4, -0.2) is 24.4 Å². The van der Waals surface area contributed by atoms with Crippen LogP contribution in [-0.2, 0) is 11.2 Å². The Hall–Kier alpha value is -0.860. The normalized spacial score (nSPS) is 24.8. The van der Waals surface area contributed by atoms with Crippen LogP contribution >= 0.6 is 0 Å². The van der Waals surface area contributed by atoms with Crippen molar-refractivity contribution in [1.29, 1.82) is 0 Å². The molecule has 1 fully saturated rings. The maximum atomic E-state index is 9.06. The summed E-state index contributed by atoms with van der Waals surface area (Å²) >= 11 is 0. The van der Waals surface area contributed by atoms with Crippen LogP contribution in [0.2, 0.25) is 0 Å². The molecule has 0 aliphatic heterocycles. The lowest BCUT2D eigenvalue weighted by Gasteiger charge is -2.27. The van der Waals surface area contributed by atoms with E-state index < -0.39 is 0 Å². The fourth-order valence-corrected chi connectivity index (χ4v) is 2.47. The second-order valence-corrected chi connectivity index (χ2v) is 4.93. The quantitative estimate of drug-likeness (QED) is 0.849. The summed E-state index contributed by atoms with van der Waals surface area (Å²) in [7, 11) is 0. The first-order valence-electron chi connectivity index (χ1n) is 6.65. The van der Waals surface area contributed by atoms with E-state index in [9.17, 15) is 0 Å². The molecule has 0 radical (unpaired) electrons. The van der Waals surface area contributed by atoms with Gasteiger partial charge in [-0.3, -0.25) is 0 Å². The van der Waals surface area contributed by atoms with Crippen LogP contribution in [0.15, 0.2) is 30.3 Å². The lowest BCUT2D eigenvalue weighted by molar-refractivity contribution is 0.0129. The maximum absolute atomic E-state index is 9.06. The van der Waals surface area contributed by atoms with Crippen LogP contribution in [0.4, 0.5) is 0 Å². The van der Waals surface area contributed by atoms with Gasteiger partial charge in [-0.1, -0.05) is 30.3 Å². The van der Waals surface area contributed by atoms with Crippen LogP contribution in [0.25, 0.3) is 0 Å². The fraction of sp³-hybridized carbons (Fsp3) is 0.600. The molecule has 0 atom stereocenters. The van der Waals surface area contributed by atoms with E-state index in [0.29, 0.717) is 18.6 Å². The molecule has 0 spiro atoms. The fourth-order valence-electron chi connectivity index (χ4n) is 2.47. The van der Waals surface area contributed by atoms with Crippen molar-refractivity contribution < 1.29 is 9.84 Å². The zero-order valence-corrected chi connectivity index (χ0v) is 10.3. The Morgan fingerprint density at radius 3 is 2.41 bits per heavy atom. The minimum absolute atomic E-state index is 0.344. The Labute approximate surface area is 104 Å². The predicted octanol–water partition coefficient (Wildman–Crippen LogP) is 2.80. The molecule has 2 heteroatoms. The summed E-state index contributed by atoms with van der Waals surface area (Å²) in [5.41, 5.74) is 1.34. The third-order valence-electron chi connectivity index (χ3n) is 3.64. The Morgan fingerprint density at radius 1 is 1.06 bits per heavy atom. The maximum Gasteiger partial charge on any atom is 0.0575 e. The molecule has 94 valence electrons. The smallest absolute Gasteiger partial charge is 0.0575 e. The first kappa shape index (κ1) is 12.6. The Bertz CT molecular complexity index is 302. The summed E-state index contributed by atoms with van der Waals surface area (Å²) in [6.07, 6.45) is 5.88. The third kappa shape index (κ3) is 4.14. The lowest BCUT2D eigenvalue weighted by atomic mass is 9.88. The molecule has 1 aromatic rings. The van der Waals surface area contributed by atoms with Gasteiger partial charge in [0.1, 0.15) is 0 Å². The first-order chi connectivity index (χ1) is 8.38. The predicted molar refractivity (Wildman–Crippen MR) is 68.9 cm³/mol. The van der Waals surface area contributed by atoms with E-state index in [1.54, 1.807) is 0 Å². The highest BCUT2D eigenvalue weighted by molar-refractivity contribution is 5.14. The van der Waals surface area contributed by atoms with Gasteiger partial charge in [-0.15, -0.1) is 0 Å². The van der Waals surface area contributed by atoms with Gasteiger partial charge in [0, 0.05) is 6.61 Å². The van der Waals surface area contributed by atoms with Crippen LogP contribution < -0.4 is 0 Å². The molecule has 0 amide bonds. The Balaban J connectivity index is 1.63. The molecule has 2 nitrogen and oxygen atoms in total. The second kappa shape index (κ2) is 6.77. The SMILES string of the molecule is OC[C@H]1CC[C@@H](OCCc2ccccc2)CC1. The minimum Gasteiger partial charge on any atom is -0.396 e. The molecular formula is C15H22O2. The number of benzene rings is 1. The highest BCUT2D eigenvalue weighted by Gasteiger charge is 2.20. The molecule has 0 aromatic heterocycles. The molecule has 0 heterocycles. The number of hydrogen-bond acceptors (Lipinski definition) is 2. The van der Waals surface area contributed by atoms with Crippen molar-refractivity contribution >= 4 is 0 Å². The monoisotopic (exact) mass is 234 g/mol. The van der Waals surface area contributed by atoms with Gasteiger partial charge in [-0.25, -0.2) is 0 Å². The Morgan fingerprint density at radius 2 is 1.76 bits per heavy atom. The van der Waals surface area contributed by atoms with Gasteiger partial charge < -0.3 is 9.84 Å². The molecule has 1 saturated carbocycles. The molecule has 1 aliphatic rings. The molecule has 0 unspecified atom stereocenters. The Kier molecular flexibility index (Phi) is 5.02. The number of hydrogen-bond donors (Lipinski definition) is 1. The number of aliphatic hydroxyl groups excluding tert-OH is 1. The van der Waals surface area contributed by atoms with Gasteiger partial charge >= 0.3 is 0 Å². The van der Waals surface area contributed by atoms with Crippen LogP contribution in [0, 0.1) is 5.92 Å². The van der Waals surface area contributed by atoms with E-state index in [1.165, 1.54) is 5.56 Å². The van der Waals surface area contributed by atoms with Crippen molar-refractivity contribution in [2.24, 2.45) is 5.92 Å². The molecule has 1 aromatic carbocycles. The summed E-state index contributed by atoms with van der Waals surface area (Å²) in [6, 6.07) is 10.5. The standard InChI is InChI=1S/C15H22O2/c16-12-14-6-8-15(9-7-14)17-11-10-13-4-2-1-3-5-13/h1-5,14-16H,6-12H2/t14-,15+. The average Bonchev–Trinajstić information content (AvgIpc) is 2.41. The topological polar surface area (TPSA) is 29.5 Å². The van der Waals surface area contributed by atoms with Gasteiger partial charge in [0.25, 0.3) is 0 Å². The molecule has 1 aliphatic carbocycles. The van der Waals surface area contributed by atoms with E-state index >= 15 is 0 Å². The number of ether oxygens (including phenoxy) is 1. The lowest BCUT2D eigenvalue weighted by Crippen LogP contribution is -2.24. The van der Waals surface area contributed by atoms with E-state index in [-0.39, 0.29) is 0 Å². The highest BCUT2D eigenvalue weighted by Crippen LogP contribution is 2.25. The average molecular weight is 234 g/mol. The summed E-state index contributed by atoms with van der Waals surface area (Å²) in [5, 5.41) is 9.06. The van der Waals surface area contributed by atoms with Crippen molar-refractivity contribution in [3.63, 3.8) is 0 Å². The summed E-state index contributed by atoms with van der Waals surface area (Å²) in [4.78, 5) is 0. The van der Waals surface area contributed by atoms with Gasteiger partial charge in [-0.05, 0) is 43.6 Å². The van der Waals surface area contributed by atoms with E-state index in [2.05, 4.69) is 24.3 Å². The van der Waals surface area contributed by atoms with Crippen molar-refractivity contribution in [2.45, 2.75) is 38.2 Å². The van der Waals surface area contributed by atoms with Gasteiger partial charge in [0.15, 0.2) is 0 Å². The zero-order valence-electron chi connectivity index (χ0n) is 10.3. The van der Waals surface area contributed by atoms with E-state index in [0.717, 1.165) is 38.7 Å². The van der Waals surface area contributed by atoms with Crippen LogP contribution in [0.3, 0.4) is 0 Å². The summed E-state index contributed by atoms with van der Waals surface area (Å²) < 4.78 is 5.90. The first-order valence-corrected chi connectivity index (χ1v) is 6.65. The van der Waals surface area contributed by atoms with Crippen molar-refractivity contribution in [2.75, 3.05) is 13.2 Å². The van der Waals surface area contributed by atoms with Gasteiger partial charge in [0.05, 0.1) is 12.7 Å². The van der Waals surface area contributed by atoms with Gasteiger partial charge in [-0.2, -0.15) is 0 Å². The summed E-state index contributed by atoms with van der Waals surface area (Å²) in [5.74, 6) is 0.518. The van der Waals surface area contributed by atoms with Crippen LogP contribution in [0.5, 0.6) is 0 Å². The number of aliphatic hydroxyl groups is 1. The molecule has 0 saturated heterocycles. The van der Waals surface area contributed by atoms with Crippen molar-refractivity contribution in [1.82, 2.24) is 0 Å². The van der Waals surface area contributed by atoms with Crippen molar-refractivity contribution in [3.8, 4) is 0 Å². The highest BCUT2D eigenvalue weighted by atomic mass is 16.5. The molecule has 1 N–H and O–H groups in total. The molecule has 17 heavy (non-hydrogen) atoms.